The van der Waals surface area contributed by atoms with Crippen LogP contribution in [-0.4, -0.2) is 44.3 Å². The van der Waals surface area contributed by atoms with E-state index in [0.717, 1.165) is 0 Å². The molecular formula is C22H19F2N7O2. The molecule has 33 heavy (non-hydrogen) atoms. The molecule has 9 nitrogen and oxygen atoms in total. The van der Waals surface area contributed by atoms with Crippen LogP contribution >= 0.6 is 0 Å². The molecule has 0 radical (unpaired) electrons. The topological polar surface area (TPSA) is 105 Å². The highest BCUT2D eigenvalue weighted by Gasteiger charge is 2.39. The predicted molar refractivity (Wildman–Crippen MR) is 119 cm³/mol. The average Bonchev–Trinajstić information content (AvgIpc) is 3.32. The third-order valence-corrected chi connectivity index (χ3v) is 5.32. The van der Waals surface area contributed by atoms with E-state index in [1.165, 1.54) is 39.5 Å². The molecule has 0 aliphatic heterocycles. The highest BCUT2D eigenvalue weighted by atomic mass is 19.1. The van der Waals surface area contributed by atoms with Gasteiger partial charge in [-0.15, -0.1) is 0 Å². The Morgan fingerprint density at radius 2 is 1.97 bits per heavy atom. The summed E-state index contributed by atoms with van der Waals surface area (Å²) < 4.78 is 29.3. The van der Waals surface area contributed by atoms with Crippen LogP contribution in [0.5, 0.6) is 0 Å². The normalized spacial score (nSPS) is 17.1. The lowest BCUT2D eigenvalue weighted by Gasteiger charge is -2.12. The highest BCUT2D eigenvalue weighted by molar-refractivity contribution is 6.00. The van der Waals surface area contributed by atoms with Gasteiger partial charge in [-0.2, -0.15) is 9.61 Å². The molecule has 1 aromatic carbocycles. The number of alkyl halides is 1. The Bertz CT molecular complexity index is 1410. The SMILES string of the molecule is CNc1cc(Nc2cccn(-c3ccc(F)cc3)c2=O)nc2c(C(=O)N[C@H]3C[C@H]3F)cnn12. The Balaban J connectivity index is 1.51. The van der Waals surface area contributed by atoms with Crippen LogP contribution in [0.2, 0.25) is 0 Å². The molecule has 0 saturated heterocycles. The van der Waals surface area contributed by atoms with E-state index in [1.54, 1.807) is 31.4 Å². The van der Waals surface area contributed by atoms with Crippen molar-refractivity contribution in [1.29, 1.82) is 0 Å². The summed E-state index contributed by atoms with van der Waals surface area (Å²) in [5, 5.41) is 12.8. The lowest BCUT2D eigenvalue weighted by Crippen LogP contribution is -2.27. The fourth-order valence-corrected chi connectivity index (χ4v) is 3.46. The smallest absolute Gasteiger partial charge is 0.278 e. The van der Waals surface area contributed by atoms with Gasteiger partial charge in [0.25, 0.3) is 11.5 Å². The van der Waals surface area contributed by atoms with Gasteiger partial charge in [0.2, 0.25) is 0 Å². The minimum Gasteiger partial charge on any atom is -0.373 e. The van der Waals surface area contributed by atoms with Gasteiger partial charge in [0.1, 0.15) is 34.9 Å². The Hall–Kier alpha value is -4.28. The summed E-state index contributed by atoms with van der Waals surface area (Å²) in [4.78, 5) is 30.0. The van der Waals surface area contributed by atoms with Crippen LogP contribution < -0.4 is 21.5 Å². The van der Waals surface area contributed by atoms with Crippen molar-refractivity contribution in [2.45, 2.75) is 18.6 Å². The Morgan fingerprint density at radius 1 is 1.21 bits per heavy atom. The number of pyridine rings is 1. The number of aromatic nitrogens is 4. The number of carbonyl (C=O) groups excluding carboxylic acids is 1. The summed E-state index contributed by atoms with van der Waals surface area (Å²) in [6, 6.07) is 9.95. The number of benzene rings is 1. The number of rotatable bonds is 6. The predicted octanol–water partition coefficient (Wildman–Crippen LogP) is 2.64. The Labute approximate surface area is 186 Å². The molecule has 0 spiro atoms. The molecule has 5 rings (SSSR count). The van der Waals surface area contributed by atoms with Crippen LogP contribution in [-0.2, 0) is 0 Å². The van der Waals surface area contributed by atoms with Crippen LogP contribution in [0.4, 0.5) is 26.1 Å². The summed E-state index contributed by atoms with van der Waals surface area (Å²) in [5.74, 6) is -0.0564. The summed E-state index contributed by atoms with van der Waals surface area (Å²) in [6.07, 6.45) is 2.20. The number of halogens is 2. The lowest BCUT2D eigenvalue weighted by molar-refractivity contribution is 0.0949. The Morgan fingerprint density at radius 3 is 2.67 bits per heavy atom. The van der Waals surface area contributed by atoms with Crippen molar-refractivity contribution in [2.75, 3.05) is 17.7 Å². The van der Waals surface area contributed by atoms with E-state index in [2.05, 4.69) is 26.0 Å². The largest absolute Gasteiger partial charge is 0.373 e. The number of anilines is 3. The zero-order valence-corrected chi connectivity index (χ0v) is 17.4. The molecule has 11 heteroatoms. The molecule has 1 fully saturated rings. The van der Waals surface area contributed by atoms with E-state index in [4.69, 9.17) is 0 Å². The molecule has 1 aliphatic carbocycles. The zero-order valence-electron chi connectivity index (χ0n) is 17.4. The summed E-state index contributed by atoms with van der Waals surface area (Å²) in [7, 11) is 1.68. The molecule has 1 saturated carbocycles. The standard InChI is InChI=1S/C22H19F2N7O2/c1-25-19-10-18(29-20-14(11-26-31(19)20)21(32)28-17-9-15(17)24)27-16-3-2-8-30(22(16)33)13-6-4-12(23)5-7-13/h2-8,10-11,15,17,25H,9H2,1H3,(H,27,29)(H,28,32)/t15-,17+/m1/s1. The summed E-state index contributed by atoms with van der Waals surface area (Å²) >= 11 is 0. The average molecular weight is 451 g/mol. The van der Waals surface area contributed by atoms with E-state index >= 15 is 0 Å². The number of hydrogen-bond acceptors (Lipinski definition) is 6. The third kappa shape index (κ3) is 3.88. The second-order valence-electron chi connectivity index (χ2n) is 7.60. The van der Waals surface area contributed by atoms with Crippen molar-refractivity contribution in [3.8, 4) is 5.69 Å². The van der Waals surface area contributed by atoms with E-state index in [0.29, 0.717) is 23.7 Å². The van der Waals surface area contributed by atoms with Gasteiger partial charge in [-0.3, -0.25) is 14.2 Å². The molecule has 2 atom stereocenters. The van der Waals surface area contributed by atoms with Crippen molar-refractivity contribution in [3.63, 3.8) is 0 Å². The highest BCUT2D eigenvalue weighted by Crippen LogP contribution is 2.26. The first-order valence-corrected chi connectivity index (χ1v) is 10.2. The van der Waals surface area contributed by atoms with Crippen molar-refractivity contribution in [3.05, 3.63) is 76.6 Å². The first-order valence-electron chi connectivity index (χ1n) is 10.2. The maximum absolute atomic E-state index is 13.3. The van der Waals surface area contributed by atoms with Gasteiger partial charge in [-0.25, -0.2) is 13.8 Å². The summed E-state index contributed by atoms with van der Waals surface area (Å²) in [6.45, 7) is 0. The number of nitrogens with zero attached hydrogens (tertiary/aromatic N) is 4. The van der Waals surface area contributed by atoms with Gasteiger partial charge in [0, 0.05) is 31.4 Å². The van der Waals surface area contributed by atoms with Crippen LogP contribution in [0.1, 0.15) is 16.8 Å². The summed E-state index contributed by atoms with van der Waals surface area (Å²) in [5.41, 5.74) is 0.791. The van der Waals surface area contributed by atoms with Crippen LogP contribution in [0.15, 0.2) is 59.7 Å². The molecule has 0 unspecified atom stereocenters. The van der Waals surface area contributed by atoms with E-state index in [1.807, 2.05) is 0 Å². The molecule has 168 valence electrons. The quantitative estimate of drug-likeness (QED) is 0.416. The molecular weight excluding hydrogens is 432 g/mol. The molecule has 1 amide bonds. The molecule has 4 aromatic rings. The molecule has 3 heterocycles. The zero-order chi connectivity index (χ0) is 23.1. The van der Waals surface area contributed by atoms with Crippen molar-refractivity contribution in [2.24, 2.45) is 0 Å². The molecule has 3 aromatic heterocycles. The molecule has 0 bridgehead atoms. The van der Waals surface area contributed by atoms with Gasteiger partial charge in [0.05, 0.1) is 12.2 Å². The van der Waals surface area contributed by atoms with Gasteiger partial charge < -0.3 is 16.0 Å². The van der Waals surface area contributed by atoms with E-state index in [9.17, 15) is 18.4 Å². The third-order valence-electron chi connectivity index (χ3n) is 5.32. The van der Waals surface area contributed by atoms with Gasteiger partial charge in [-0.05, 0) is 36.4 Å². The Kier molecular flexibility index (Phi) is 5.00. The van der Waals surface area contributed by atoms with Crippen LogP contribution in [0.25, 0.3) is 11.3 Å². The first-order chi connectivity index (χ1) is 15.9. The number of nitrogens with one attached hydrogen (secondary N) is 3. The number of hydrogen-bond donors (Lipinski definition) is 3. The number of amides is 1. The fourth-order valence-electron chi connectivity index (χ4n) is 3.46. The van der Waals surface area contributed by atoms with Gasteiger partial charge in [0.15, 0.2) is 5.65 Å². The van der Waals surface area contributed by atoms with Gasteiger partial charge >= 0.3 is 0 Å². The van der Waals surface area contributed by atoms with Crippen molar-refractivity contribution >= 4 is 28.9 Å². The lowest BCUT2D eigenvalue weighted by atomic mass is 10.3. The van der Waals surface area contributed by atoms with E-state index < -0.39 is 23.9 Å². The monoisotopic (exact) mass is 451 g/mol. The number of fused-ring (bicyclic) bond motifs is 1. The fraction of sp³-hybridized carbons (Fsp3) is 0.182. The maximum atomic E-state index is 13.3. The van der Waals surface area contributed by atoms with Crippen molar-refractivity contribution in [1.82, 2.24) is 24.5 Å². The van der Waals surface area contributed by atoms with Crippen molar-refractivity contribution < 1.29 is 13.6 Å². The molecule has 1 aliphatic rings. The van der Waals surface area contributed by atoms with Gasteiger partial charge in [-0.1, -0.05) is 0 Å². The molecule has 3 N–H and O–H groups in total. The number of carbonyl (C=O) groups is 1. The minimum atomic E-state index is -1.03. The second kappa shape index (κ2) is 8.01. The van der Waals surface area contributed by atoms with Crippen LogP contribution in [0.3, 0.4) is 0 Å². The van der Waals surface area contributed by atoms with Crippen LogP contribution in [0, 0.1) is 5.82 Å². The minimum absolute atomic E-state index is 0.186. The second-order valence-corrected chi connectivity index (χ2v) is 7.60. The van der Waals surface area contributed by atoms with E-state index in [-0.39, 0.29) is 22.5 Å². The first kappa shape index (κ1) is 20.6. The maximum Gasteiger partial charge on any atom is 0.278 e.